The normalized spacial score (nSPS) is 25.1. The summed E-state index contributed by atoms with van der Waals surface area (Å²) < 4.78 is 5.63. The van der Waals surface area contributed by atoms with Crippen LogP contribution in [0.4, 0.5) is 0 Å². The largest absolute Gasteiger partial charge is 0.466 e. The van der Waals surface area contributed by atoms with Crippen LogP contribution in [-0.4, -0.2) is 6.04 Å². The van der Waals surface area contributed by atoms with Gasteiger partial charge in [-0.25, -0.2) is 0 Å². The lowest BCUT2D eigenvalue weighted by Crippen LogP contribution is -2.38. The third-order valence-corrected chi connectivity index (χ3v) is 4.24. The lowest BCUT2D eigenvalue weighted by molar-refractivity contribution is 0.191. The molecular formula is C16H27NO. The van der Waals surface area contributed by atoms with Crippen molar-refractivity contribution in [3.8, 4) is 0 Å². The fourth-order valence-corrected chi connectivity index (χ4v) is 3.36. The van der Waals surface area contributed by atoms with Gasteiger partial charge in [0.2, 0.25) is 0 Å². The van der Waals surface area contributed by atoms with Gasteiger partial charge in [-0.3, -0.25) is 0 Å². The van der Waals surface area contributed by atoms with E-state index >= 15 is 0 Å². The molecule has 2 heteroatoms. The molecule has 1 N–H and O–H groups in total. The Labute approximate surface area is 111 Å². The Morgan fingerprint density at radius 3 is 2.67 bits per heavy atom. The molecule has 1 heterocycles. The van der Waals surface area contributed by atoms with Crippen molar-refractivity contribution in [1.82, 2.24) is 5.32 Å². The molecule has 0 radical (unpaired) electrons. The summed E-state index contributed by atoms with van der Waals surface area (Å²) in [5, 5.41) is 3.78. The van der Waals surface area contributed by atoms with Gasteiger partial charge in [-0.1, -0.05) is 20.3 Å². The number of hydrogen-bond donors (Lipinski definition) is 1. The minimum atomic E-state index is 0.390. The third kappa shape index (κ3) is 3.17. The monoisotopic (exact) mass is 249 g/mol. The van der Waals surface area contributed by atoms with Gasteiger partial charge in [-0.05, 0) is 51.5 Å². The maximum absolute atomic E-state index is 5.63. The molecule has 0 saturated heterocycles. The van der Waals surface area contributed by atoms with Crippen LogP contribution < -0.4 is 5.32 Å². The molecule has 1 aliphatic carbocycles. The topological polar surface area (TPSA) is 25.2 Å². The van der Waals surface area contributed by atoms with Gasteiger partial charge in [0, 0.05) is 17.6 Å². The summed E-state index contributed by atoms with van der Waals surface area (Å²) in [6.45, 7) is 11.1. The summed E-state index contributed by atoms with van der Waals surface area (Å²) >= 11 is 0. The highest BCUT2D eigenvalue weighted by Crippen LogP contribution is 2.36. The molecule has 2 atom stereocenters. The van der Waals surface area contributed by atoms with Crippen molar-refractivity contribution in [1.29, 1.82) is 0 Å². The Hall–Kier alpha value is -0.760. The van der Waals surface area contributed by atoms with Crippen molar-refractivity contribution in [3.05, 3.63) is 23.2 Å². The second-order valence-electron chi connectivity index (χ2n) is 6.71. The first kappa shape index (κ1) is 13.7. The van der Waals surface area contributed by atoms with Crippen molar-refractivity contribution in [2.45, 2.75) is 72.4 Å². The van der Waals surface area contributed by atoms with Crippen LogP contribution in [0, 0.1) is 19.3 Å². The molecule has 1 aliphatic rings. The summed E-state index contributed by atoms with van der Waals surface area (Å²) in [5.74, 6) is 2.07. The van der Waals surface area contributed by atoms with Crippen LogP contribution in [-0.2, 0) is 0 Å². The summed E-state index contributed by atoms with van der Waals surface area (Å²) in [6.07, 6.45) is 5.31. The number of aryl methyl sites for hydroxylation is 2. The van der Waals surface area contributed by atoms with E-state index < -0.39 is 0 Å². The molecule has 0 amide bonds. The standard InChI is InChI=1S/C16H27NO/c1-11-9-15(13(3)18-11)12(2)17-14-7-6-8-16(4,5)10-14/h9,12,14,17H,6-8,10H2,1-5H3. The van der Waals surface area contributed by atoms with Crippen molar-refractivity contribution in [2.24, 2.45) is 5.41 Å². The van der Waals surface area contributed by atoms with Gasteiger partial charge in [0.25, 0.3) is 0 Å². The predicted molar refractivity (Wildman–Crippen MR) is 75.8 cm³/mol. The second kappa shape index (κ2) is 5.08. The molecule has 1 saturated carbocycles. The third-order valence-electron chi connectivity index (χ3n) is 4.24. The average Bonchev–Trinajstić information content (AvgIpc) is 2.56. The van der Waals surface area contributed by atoms with Crippen LogP contribution in [0.1, 0.15) is 69.6 Å². The number of rotatable bonds is 3. The highest BCUT2D eigenvalue weighted by molar-refractivity contribution is 5.23. The average molecular weight is 249 g/mol. The summed E-state index contributed by atoms with van der Waals surface area (Å²) in [6, 6.07) is 3.21. The van der Waals surface area contributed by atoms with Crippen LogP contribution in [0.15, 0.2) is 10.5 Å². The Balaban J connectivity index is 1.99. The van der Waals surface area contributed by atoms with E-state index in [0.717, 1.165) is 11.5 Å². The predicted octanol–water partition coefficient (Wildman–Crippen LogP) is 4.52. The maximum atomic E-state index is 5.63. The Bertz CT molecular complexity index is 405. The molecule has 1 aromatic heterocycles. The molecule has 1 fully saturated rings. The first-order valence-electron chi connectivity index (χ1n) is 7.20. The number of hydrogen-bond acceptors (Lipinski definition) is 2. The van der Waals surface area contributed by atoms with Crippen molar-refractivity contribution in [3.63, 3.8) is 0 Å². The molecule has 2 unspecified atom stereocenters. The van der Waals surface area contributed by atoms with E-state index in [-0.39, 0.29) is 0 Å². The van der Waals surface area contributed by atoms with Gasteiger partial charge in [0.05, 0.1) is 0 Å². The smallest absolute Gasteiger partial charge is 0.105 e. The molecular weight excluding hydrogens is 222 g/mol. The van der Waals surface area contributed by atoms with Gasteiger partial charge >= 0.3 is 0 Å². The Morgan fingerprint density at radius 1 is 1.39 bits per heavy atom. The van der Waals surface area contributed by atoms with E-state index in [4.69, 9.17) is 4.42 Å². The molecule has 2 rings (SSSR count). The van der Waals surface area contributed by atoms with Crippen LogP contribution in [0.2, 0.25) is 0 Å². The van der Waals surface area contributed by atoms with Gasteiger partial charge in [-0.2, -0.15) is 0 Å². The van der Waals surface area contributed by atoms with E-state index in [2.05, 4.69) is 39.1 Å². The SMILES string of the molecule is Cc1cc(C(C)NC2CCCC(C)(C)C2)c(C)o1. The lowest BCUT2D eigenvalue weighted by atomic mass is 9.75. The first-order chi connectivity index (χ1) is 8.37. The molecule has 2 nitrogen and oxygen atoms in total. The number of furan rings is 1. The highest BCUT2D eigenvalue weighted by atomic mass is 16.3. The quantitative estimate of drug-likeness (QED) is 0.852. The molecule has 0 aliphatic heterocycles. The fraction of sp³-hybridized carbons (Fsp3) is 0.750. The zero-order valence-electron chi connectivity index (χ0n) is 12.5. The molecule has 0 spiro atoms. The maximum Gasteiger partial charge on any atom is 0.105 e. The molecule has 1 aromatic rings. The number of nitrogens with one attached hydrogen (secondary N) is 1. The zero-order valence-corrected chi connectivity index (χ0v) is 12.5. The van der Waals surface area contributed by atoms with E-state index in [0.29, 0.717) is 17.5 Å². The highest BCUT2D eigenvalue weighted by Gasteiger charge is 2.29. The molecule has 102 valence electrons. The first-order valence-corrected chi connectivity index (χ1v) is 7.20. The molecule has 18 heavy (non-hydrogen) atoms. The minimum Gasteiger partial charge on any atom is -0.466 e. The van der Waals surface area contributed by atoms with E-state index in [1.807, 2.05) is 6.92 Å². The van der Waals surface area contributed by atoms with Gasteiger partial charge < -0.3 is 9.73 Å². The van der Waals surface area contributed by atoms with Gasteiger partial charge in [-0.15, -0.1) is 0 Å². The summed E-state index contributed by atoms with van der Waals surface area (Å²) in [7, 11) is 0. The summed E-state index contributed by atoms with van der Waals surface area (Å²) in [5.41, 5.74) is 1.81. The fourth-order valence-electron chi connectivity index (χ4n) is 3.36. The van der Waals surface area contributed by atoms with Crippen LogP contribution in [0.3, 0.4) is 0 Å². The minimum absolute atomic E-state index is 0.390. The molecule has 0 aromatic carbocycles. The van der Waals surface area contributed by atoms with Crippen molar-refractivity contribution in [2.75, 3.05) is 0 Å². The Morgan fingerprint density at radius 2 is 2.11 bits per heavy atom. The zero-order chi connectivity index (χ0) is 13.3. The van der Waals surface area contributed by atoms with Crippen LogP contribution >= 0.6 is 0 Å². The van der Waals surface area contributed by atoms with Gasteiger partial charge in [0.1, 0.15) is 11.5 Å². The van der Waals surface area contributed by atoms with Crippen molar-refractivity contribution < 1.29 is 4.42 Å². The Kier molecular flexibility index (Phi) is 3.86. The van der Waals surface area contributed by atoms with Crippen LogP contribution in [0.5, 0.6) is 0 Å². The van der Waals surface area contributed by atoms with E-state index in [1.54, 1.807) is 0 Å². The summed E-state index contributed by atoms with van der Waals surface area (Å²) in [4.78, 5) is 0. The van der Waals surface area contributed by atoms with Crippen molar-refractivity contribution >= 4 is 0 Å². The lowest BCUT2D eigenvalue weighted by Gasteiger charge is -2.37. The van der Waals surface area contributed by atoms with E-state index in [1.165, 1.54) is 31.2 Å². The second-order valence-corrected chi connectivity index (χ2v) is 6.71. The van der Waals surface area contributed by atoms with Gasteiger partial charge in [0.15, 0.2) is 0 Å². The molecule has 0 bridgehead atoms. The van der Waals surface area contributed by atoms with E-state index in [9.17, 15) is 0 Å². The van der Waals surface area contributed by atoms with Crippen LogP contribution in [0.25, 0.3) is 0 Å².